The molecule has 0 spiro atoms. The molecule has 10 heteroatoms. The largest absolute Gasteiger partial charge is 0.480 e. The summed E-state index contributed by atoms with van der Waals surface area (Å²) in [5.74, 6) is -1.10. The maximum Gasteiger partial charge on any atom is 0.326 e. The van der Waals surface area contributed by atoms with Gasteiger partial charge in [-0.15, -0.1) is 0 Å². The van der Waals surface area contributed by atoms with Crippen LogP contribution in [0.1, 0.15) is 39.3 Å². The molecule has 0 saturated heterocycles. The Hall–Kier alpha value is -4.21. The number of pyridine rings is 1. The van der Waals surface area contributed by atoms with Gasteiger partial charge in [-0.2, -0.15) is 0 Å². The molecule has 0 aliphatic carbocycles. The van der Waals surface area contributed by atoms with Crippen molar-refractivity contribution >= 4 is 35.5 Å². The van der Waals surface area contributed by atoms with Gasteiger partial charge in [0.1, 0.15) is 12.3 Å². The molecule has 1 aromatic heterocycles. The normalized spacial score (nSPS) is 11.3. The number of carboxylic acids is 1. The van der Waals surface area contributed by atoms with Crippen molar-refractivity contribution in [3.05, 3.63) is 66.0 Å². The van der Waals surface area contributed by atoms with Gasteiger partial charge < -0.3 is 26.8 Å². The van der Waals surface area contributed by atoms with Crippen molar-refractivity contribution in [2.24, 2.45) is 16.5 Å². The Kier molecular flexibility index (Phi) is 16.9. The Balaban J connectivity index is 0.000000676. The van der Waals surface area contributed by atoms with Crippen LogP contribution in [0, 0.1) is 0 Å². The maximum atomic E-state index is 10.5. The molecule has 1 amide bonds. The van der Waals surface area contributed by atoms with Crippen LogP contribution in [0.3, 0.4) is 0 Å². The molecule has 2 aromatic rings. The van der Waals surface area contributed by atoms with Crippen molar-refractivity contribution in [2.45, 2.75) is 46.2 Å². The van der Waals surface area contributed by atoms with Crippen molar-refractivity contribution in [1.82, 2.24) is 15.2 Å². The van der Waals surface area contributed by atoms with E-state index in [0.717, 1.165) is 29.4 Å². The Morgan fingerprint density at radius 2 is 1.89 bits per heavy atom. The first-order chi connectivity index (χ1) is 17.3. The molecule has 1 aromatic carbocycles. The minimum atomic E-state index is -1.07. The van der Waals surface area contributed by atoms with E-state index in [1.54, 1.807) is 13.0 Å². The van der Waals surface area contributed by atoms with E-state index in [4.69, 9.17) is 16.6 Å². The number of allylic oxidation sites excluding steroid dienone is 3. The van der Waals surface area contributed by atoms with E-state index in [1.807, 2.05) is 62.3 Å². The maximum absolute atomic E-state index is 10.5. The third kappa shape index (κ3) is 14.1. The SMILES string of the molecule is C/C(C=O)=C/C=C\N(C)Cc1ccc2ccccc2n1.CC.NC(N)=NCCCC(NC=O)C(=O)O. The highest BCUT2D eigenvalue weighted by atomic mass is 16.4. The molecule has 1 heterocycles. The van der Waals surface area contributed by atoms with Crippen molar-refractivity contribution in [3.8, 4) is 0 Å². The number of carboxylic acid groups (broad SMARTS) is 1. The van der Waals surface area contributed by atoms with Crippen LogP contribution in [-0.2, 0) is 20.9 Å². The van der Waals surface area contributed by atoms with Crippen LogP contribution in [0.4, 0.5) is 0 Å². The van der Waals surface area contributed by atoms with Crippen LogP contribution in [0.2, 0.25) is 0 Å². The molecule has 0 fully saturated rings. The number of aromatic nitrogens is 1. The number of benzene rings is 1. The van der Waals surface area contributed by atoms with Gasteiger partial charge >= 0.3 is 5.97 Å². The highest BCUT2D eigenvalue weighted by molar-refractivity contribution is 5.78. The lowest BCUT2D eigenvalue weighted by Crippen LogP contribution is -2.35. The number of aliphatic carboxylic acids is 1. The van der Waals surface area contributed by atoms with E-state index in [-0.39, 0.29) is 5.96 Å². The molecule has 196 valence electrons. The fourth-order valence-corrected chi connectivity index (χ4v) is 2.75. The predicted molar refractivity (Wildman–Crippen MR) is 144 cm³/mol. The van der Waals surface area contributed by atoms with Crippen molar-refractivity contribution < 1.29 is 19.5 Å². The second-order valence-corrected chi connectivity index (χ2v) is 7.40. The van der Waals surface area contributed by atoms with E-state index in [1.165, 1.54) is 0 Å². The Labute approximate surface area is 212 Å². The van der Waals surface area contributed by atoms with Gasteiger partial charge in [0.15, 0.2) is 5.96 Å². The number of carbonyl (C=O) groups excluding carboxylic acids is 2. The first kappa shape index (κ1) is 31.8. The standard InChI is InChI=1S/C17H18N2O.C7H14N4O3.C2H6/c1-14(13-20)6-5-11-19(2)12-16-10-9-15-7-3-4-8-17(15)18-16;8-7(9)10-3-1-2-5(6(13)14)11-4-12;1-2/h3-11,13H,12H2,1-2H3;4-5H,1-3H2,(H,11,12)(H,13,14)(H4,8,9,10);1-2H3/b11-5-,14-6-;;. The highest BCUT2D eigenvalue weighted by Crippen LogP contribution is 2.12. The second-order valence-electron chi connectivity index (χ2n) is 7.40. The third-order valence-corrected chi connectivity index (χ3v) is 4.47. The lowest BCUT2D eigenvalue weighted by molar-refractivity contribution is -0.140. The zero-order chi connectivity index (χ0) is 27.3. The van der Waals surface area contributed by atoms with Gasteiger partial charge in [0.05, 0.1) is 17.8 Å². The number of nitrogens with two attached hydrogens (primary N) is 2. The number of nitrogens with zero attached hydrogens (tertiary/aromatic N) is 3. The average Bonchev–Trinajstić information content (AvgIpc) is 2.87. The summed E-state index contributed by atoms with van der Waals surface area (Å²) >= 11 is 0. The zero-order valence-electron chi connectivity index (χ0n) is 21.4. The minimum Gasteiger partial charge on any atom is -0.480 e. The van der Waals surface area contributed by atoms with E-state index < -0.39 is 12.0 Å². The number of hydrogen-bond donors (Lipinski definition) is 4. The van der Waals surface area contributed by atoms with Gasteiger partial charge in [-0.1, -0.05) is 44.2 Å². The van der Waals surface area contributed by atoms with Gasteiger partial charge in [-0.05, 0) is 49.7 Å². The number of para-hydroxylation sites is 1. The van der Waals surface area contributed by atoms with E-state index in [2.05, 4.69) is 27.4 Å². The average molecular weight is 499 g/mol. The molecule has 0 aliphatic rings. The van der Waals surface area contributed by atoms with E-state index in [0.29, 0.717) is 31.4 Å². The Morgan fingerprint density at radius 1 is 1.19 bits per heavy atom. The number of fused-ring (bicyclic) bond motifs is 1. The number of carbonyl (C=O) groups is 3. The number of aliphatic imine (C=N–C) groups is 1. The molecule has 1 atom stereocenters. The number of amides is 1. The van der Waals surface area contributed by atoms with Crippen LogP contribution in [0.15, 0.2) is 65.3 Å². The summed E-state index contributed by atoms with van der Waals surface area (Å²) in [4.78, 5) is 41.3. The number of hydrogen-bond acceptors (Lipinski definition) is 6. The number of nitrogens with one attached hydrogen (secondary N) is 1. The van der Waals surface area contributed by atoms with Crippen molar-refractivity contribution in [1.29, 1.82) is 0 Å². The molecular weight excluding hydrogens is 460 g/mol. The smallest absolute Gasteiger partial charge is 0.326 e. The van der Waals surface area contributed by atoms with Crippen molar-refractivity contribution in [2.75, 3.05) is 13.6 Å². The molecule has 0 radical (unpaired) electrons. The van der Waals surface area contributed by atoms with Gasteiger partial charge in [0, 0.05) is 19.0 Å². The fraction of sp³-hybridized carbons (Fsp3) is 0.346. The van der Waals surface area contributed by atoms with E-state index >= 15 is 0 Å². The Morgan fingerprint density at radius 3 is 2.50 bits per heavy atom. The monoisotopic (exact) mass is 498 g/mol. The minimum absolute atomic E-state index is 0.0276. The molecule has 0 bridgehead atoms. The van der Waals surface area contributed by atoms with Gasteiger partial charge in [-0.25, -0.2) is 4.79 Å². The predicted octanol–water partition coefficient (Wildman–Crippen LogP) is 2.59. The summed E-state index contributed by atoms with van der Waals surface area (Å²) in [6.07, 6.45) is 7.58. The molecule has 36 heavy (non-hydrogen) atoms. The fourth-order valence-electron chi connectivity index (χ4n) is 2.75. The molecule has 0 aliphatic heterocycles. The summed E-state index contributed by atoms with van der Waals surface area (Å²) < 4.78 is 0. The molecule has 0 saturated carbocycles. The number of aldehydes is 1. The molecule has 1 unspecified atom stereocenters. The summed E-state index contributed by atoms with van der Waals surface area (Å²) in [6, 6.07) is 11.3. The second kappa shape index (κ2) is 19.1. The molecule has 6 N–H and O–H groups in total. The van der Waals surface area contributed by atoms with Crippen molar-refractivity contribution in [3.63, 3.8) is 0 Å². The van der Waals surface area contributed by atoms with Crippen LogP contribution >= 0.6 is 0 Å². The molecule has 2 rings (SSSR count). The lowest BCUT2D eigenvalue weighted by Gasteiger charge is -2.13. The summed E-state index contributed by atoms with van der Waals surface area (Å²) in [5.41, 5.74) is 12.9. The third-order valence-electron chi connectivity index (χ3n) is 4.47. The van der Waals surface area contributed by atoms with Crippen LogP contribution < -0.4 is 16.8 Å². The van der Waals surface area contributed by atoms with Crippen LogP contribution in [-0.4, -0.2) is 59.2 Å². The Bertz CT molecular complexity index is 1030. The molecular formula is C26H38N6O4. The quantitative estimate of drug-likeness (QED) is 0.0866. The summed E-state index contributed by atoms with van der Waals surface area (Å²) in [7, 11) is 1.98. The topological polar surface area (TPSA) is 164 Å². The van der Waals surface area contributed by atoms with Gasteiger partial charge in [0.2, 0.25) is 6.41 Å². The number of guanidine groups is 1. The molecule has 10 nitrogen and oxygen atoms in total. The van der Waals surface area contributed by atoms with Gasteiger partial charge in [0.25, 0.3) is 0 Å². The van der Waals surface area contributed by atoms with E-state index in [9.17, 15) is 14.4 Å². The lowest BCUT2D eigenvalue weighted by atomic mass is 10.1. The zero-order valence-corrected chi connectivity index (χ0v) is 21.4. The van der Waals surface area contributed by atoms with Crippen LogP contribution in [0.25, 0.3) is 10.9 Å². The summed E-state index contributed by atoms with van der Waals surface area (Å²) in [5, 5.41) is 11.9. The first-order valence-electron chi connectivity index (χ1n) is 11.6. The summed E-state index contributed by atoms with van der Waals surface area (Å²) in [6.45, 7) is 6.87. The highest BCUT2D eigenvalue weighted by Gasteiger charge is 2.14. The van der Waals surface area contributed by atoms with Gasteiger partial charge in [-0.3, -0.25) is 19.6 Å². The van der Waals surface area contributed by atoms with Crippen LogP contribution in [0.5, 0.6) is 0 Å². The first-order valence-corrected chi connectivity index (χ1v) is 11.6. The number of rotatable bonds is 12.